The molecule has 0 bridgehead atoms. The Labute approximate surface area is 120 Å². The minimum absolute atomic E-state index is 0.499. The molecule has 0 aliphatic carbocycles. The van der Waals surface area contributed by atoms with Gasteiger partial charge in [0.2, 0.25) is 0 Å². The Morgan fingerprint density at radius 3 is 2.82 bits per heavy atom. The molecule has 0 N–H and O–H groups in total. The van der Waals surface area contributed by atoms with E-state index in [1.807, 2.05) is 0 Å². The van der Waals surface area contributed by atoms with Crippen LogP contribution >= 0.6 is 31.9 Å². The molecule has 0 amide bonds. The molecule has 0 aromatic heterocycles. The molecule has 2 atom stereocenters. The number of benzene rings is 1. The van der Waals surface area contributed by atoms with Gasteiger partial charge in [0.15, 0.2) is 0 Å². The van der Waals surface area contributed by atoms with E-state index in [4.69, 9.17) is 4.74 Å². The van der Waals surface area contributed by atoms with Crippen molar-refractivity contribution >= 4 is 31.9 Å². The van der Waals surface area contributed by atoms with Crippen LogP contribution in [0.25, 0.3) is 0 Å². The van der Waals surface area contributed by atoms with Crippen LogP contribution in [0, 0.1) is 0 Å². The van der Waals surface area contributed by atoms with Gasteiger partial charge in [-0.2, -0.15) is 0 Å². The van der Waals surface area contributed by atoms with Gasteiger partial charge in [0.05, 0.1) is 6.10 Å². The molecule has 1 aromatic carbocycles. The van der Waals surface area contributed by atoms with E-state index < -0.39 is 0 Å². The highest BCUT2D eigenvalue weighted by Gasteiger charge is 2.19. The largest absolute Gasteiger partial charge is 0.378 e. The summed E-state index contributed by atoms with van der Waals surface area (Å²) in [4.78, 5) is 0. The van der Waals surface area contributed by atoms with Crippen molar-refractivity contribution < 1.29 is 4.74 Å². The molecule has 1 fully saturated rings. The lowest BCUT2D eigenvalue weighted by Gasteiger charge is -2.18. The molecule has 1 aromatic rings. The van der Waals surface area contributed by atoms with Gasteiger partial charge in [-0.15, -0.1) is 0 Å². The predicted molar refractivity (Wildman–Crippen MR) is 78.9 cm³/mol. The normalized spacial score (nSPS) is 21.6. The molecule has 3 heteroatoms. The van der Waals surface area contributed by atoms with Crippen LogP contribution in [0.4, 0.5) is 0 Å². The van der Waals surface area contributed by atoms with Gasteiger partial charge in [-0.05, 0) is 43.2 Å². The van der Waals surface area contributed by atoms with Crippen LogP contribution in [0.2, 0.25) is 0 Å². The summed E-state index contributed by atoms with van der Waals surface area (Å²) in [7, 11) is 0. The number of alkyl halides is 1. The van der Waals surface area contributed by atoms with Crippen molar-refractivity contribution in [3.05, 3.63) is 34.3 Å². The van der Waals surface area contributed by atoms with Crippen LogP contribution in [-0.4, -0.2) is 18.0 Å². The Hall–Kier alpha value is 0.140. The maximum absolute atomic E-state index is 5.69. The Bertz CT molecular complexity index is 348. The minimum Gasteiger partial charge on any atom is -0.378 e. The van der Waals surface area contributed by atoms with Gasteiger partial charge in [0.1, 0.15) is 0 Å². The number of hydrogen-bond donors (Lipinski definition) is 0. The lowest BCUT2D eigenvalue weighted by atomic mass is 9.94. The van der Waals surface area contributed by atoms with Gasteiger partial charge in [0.25, 0.3) is 0 Å². The SMILES string of the molecule is BrCC(CCC1CCCO1)c1ccccc1Br. The number of rotatable bonds is 5. The van der Waals surface area contributed by atoms with Crippen molar-refractivity contribution in [1.82, 2.24) is 0 Å². The highest BCUT2D eigenvalue weighted by Crippen LogP contribution is 2.31. The summed E-state index contributed by atoms with van der Waals surface area (Å²) in [6.45, 7) is 0.957. The third-order valence-corrected chi connectivity index (χ3v) is 4.90. The Morgan fingerprint density at radius 2 is 2.18 bits per heavy atom. The Balaban J connectivity index is 1.94. The molecule has 0 radical (unpaired) electrons. The van der Waals surface area contributed by atoms with Gasteiger partial charge in [-0.25, -0.2) is 0 Å². The first kappa shape index (κ1) is 13.6. The summed E-state index contributed by atoms with van der Waals surface area (Å²) in [5, 5.41) is 1.02. The van der Waals surface area contributed by atoms with Gasteiger partial charge in [-0.1, -0.05) is 50.1 Å². The molecule has 0 saturated carbocycles. The second kappa shape index (κ2) is 6.91. The standard InChI is InChI=1S/C14H18Br2O/c15-10-11(7-8-12-4-3-9-17-12)13-5-1-2-6-14(13)16/h1-2,5-6,11-12H,3-4,7-10H2. The average Bonchev–Trinajstić information content (AvgIpc) is 2.85. The predicted octanol–water partition coefficient (Wildman–Crippen LogP) is 4.89. The van der Waals surface area contributed by atoms with Crippen molar-refractivity contribution in [2.75, 3.05) is 11.9 Å². The maximum atomic E-state index is 5.69. The van der Waals surface area contributed by atoms with Crippen molar-refractivity contribution in [1.29, 1.82) is 0 Å². The number of hydrogen-bond acceptors (Lipinski definition) is 1. The van der Waals surface area contributed by atoms with E-state index in [-0.39, 0.29) is 0 Å². The van der Waals surface area contributed by atoms with E-state index >= 15 is 0 Å². The molecule has 2 unspecified atom stereocenters. The molecular formula is C14H18Br2O. The van der Waals surface area contributed by atoms with E-state index in [9.17, 15) is 0 Å². The molecule has 1 saturated heterocycles. The molecule has 2 rings (SSSR count). The molecule has 94 valence electrons. The van der Waals surface area contributed by atoms with Crippen molar-refractivity contribution in [2.45, 2.75) is 37.7 Å². The summed E-state index contributed by atoms with van der Waals surface area (Å²) in [6.07, 6.45) is 5.35. The summed E-state index contributed by atoms with van der Waals surface area (Å²) >= 11 is 7.27. The highest BCUT2D eigenvalue weighted by atomic mass is 79.9. The van der Waals surface area contributed by atoms with Crippen LogP contribution < -0.4 is 0 Å². The van der Waals surface area contributed by atoms with Crippen LogP contribution in [0.3, 0.4) is 0 Å². The lowest BCUT2D eigenvalue weighted by molar-refractivity contribution is 0.101. The van der Waals surface area contributed by atoms with Crippen molar-refractivity contribution in [3.8, 4) is 0 Å². The average molecular weight is 362 g/mol. The minimum atomic E-state index is 0.499. The van der Waals surface area contributed by atoms with Gasteiger partial charge in [0, 0.05) is 16.4 Å². The third kappa shape index (κ3) is 3.80. The number of ether oxygens (including phenoxy) is 1. The maximum Gasteiger partial charge on any atom is 0.0576 e. The van der Waals surface area contributed by atoms with Crippen LogP contribution in [-0.2, 0) is 4.74 Å². The van der Waals surface area contributed by atoms with E-state index in [2.05, 4.69) is 56.1 Å². The van der Waals surface area contributed by atoms with Crippen molar-refractivity contribution in [3.63, 3.8) is 0 Å². The summed E-state index contributed by atoms with van der Waals surface area (Å²) in [6, 6.07) is 8.52. The molecule has 1 aliphatic rings. The van der Waals surface area contributed by atoms with Crippen LogP contribution in [0.5, 0.6) is 0 Å². The zero-order valence-corrected chi connectivity index (χ0v) is 13.0. The van der Waals surface area contributed by atoms with E-state index in [1.165, 1.54) is 35.7 Å². The smallest absolute Gasteiger partial charge is 0.0576 e. The van der Waals surface area contributed by atoms with Crippen molar-refractivity contribution in [2.24, 2.45) is 0 Å². The third-order valence-electron chi connectivity index (χ3n) is 3.39. The first-order valence-electron chi connectivity index (χ1n) is 6.23. The fraction of sp³-hybridized carbons (Fsp3) is 0.571. The molecule has 0 spiro atoms. The first-order chi connectivity index (χ1) is 8.31. The zero-order chi connectivity index (χ0) is 12.1. The summed E-state index contributed by atoms with van der Waals surface area (Å²) in [5.74, 6) is 0.578. The van der Waals surface area contributed by atoms with Gasteiger partial charge < -0.3 is 4.74 Å². The van der Waals surface area contributed by atoms with Gasteiger partial charge >= 0.3 is 0 Å². The highest BCUT2D eigenvalue weighted by molar-refractivity contribution is 9.10. The monoisotopic (exact) mass is 360 g/mol. The fourth-order valence-electron chi connectivity index (χ4n) is 2.38. The Morgan fingerprint density at radius 1 is 1.35 bits per heavy atom. The quantitative estimate of drug-likeness (QED) is 0.678. The van der Waals surface area contributed by atoms with E-state index in [0.717, 1.165) is 11.9 Å². The zero-order valence-electron chi connectivity index (χ0n) is 9.87. The fourth-order valence-corrected chi connectivity index (χ4v) is 3.66. The second-order valence-electron chi connectivity index (χ2n) is 4.59. The van der Waals surface area contributed by atoms with Crippen LogP contribution in [0.15, 0.2) is 28.7 Å². The second-order valence-corrected chi connectivity index (χ2v) is 6.09. The first-order valence-corrected chi connectivity index (χ1v) is 8.14. The lowest BCUT2D eigenvalue weighted by Crippen LogP contribution is -2.09. The van der Waals surface area contributed by atoms with Gasteiger partial charge in [-0.3, -0.25) is 0 Å². The Kier molecular flexibility index (Phi) is 5.51. The molecule has 17 heavy (non-hydrogen) atoms. The molecular weight excluding hydrogens is 344 g/mol. The van der Waals surface area contributed by atoms with E-state index in [1.54, 1.807) is 0 Å². The molecule has 1 nitrogen and oxygen atoms in total. The summed E-state index contributed by atoms with van der Waals surface area (Å²) < 4.78 is 6.91. The van der Waals surface area contributed by atoms with E-state index in [0.29, 0.717) is 12.0 Å². The van der Waals surface area contributed by atoms with Crippen LogP contribution in [0.1, 0.15) is 37.2 Å². The topological polar surface area (TPSA) is 9.23 Å². The molecule has 1 aliphatic heterocycles. The molecule has 1 heterocycles. The number of halogens is 2. The summed E-state index contributed by atoms with van der Waals surface area (Å²) in [5.41, 5.74) is 1.40.